The molecule has 19 heavy (non-hydrogen) atoms. The van der Waals surface area contributed by atoms with Crippen LogP contribution in [0.1, 0.15) is 5.56 Å². The third-order valence-corrected chi connectivity index (χ3v) is 2.51. The standard InChI is InChI=1S/C12H14N2O5/c1-17-12(16)14-6-11(15)13-5-8-2-3-9-10(4-8)19-7-18-9/h2-4H,5-7H2,1H3,(H,13,15)(H,14,16). The van der Waals surface area contributed by atoms with E-state index in [4.69, 9.17) is 9.47 Å². The van der Waals surface area contributed by atoms with E-state index in [1.54, 1.807) is 12.1 Å². The highest BCUT2D eigenvalue weighted by atomic mass is 16.7. The Hall–Kier alpha value is -2.44. The largest absolute Gasteiger partial charge is 0.454 e. The lowest BCUT2D eigenvalue weighted by molar-refractivity contribution is -0.120. The van der Waals surface area contributed by atoms with Gasteiger partial charge in [0.25, 0.3) is 0 Å². The van der Waals surface area contributed by atoms with Gasteiger partial charge in [0, 0.05) is 6.54 Å². The van der Waals surface area contributed by atoms with Gasteiger partial charge in [-0.1, -0.05) is 6.07 Å². The van der Waals surface area contributed by atoms with Gasteiger partial charge in [-0.2, -0.15) is 0 Å². The van der Waals surface area contributed by atoms with Crippen LogP contribution in [-0.2, 0) is 16.1 Å². The summed E-state index contributed by atoms with van der Waals surface area (Å²) in [5.41, 5.74) is 0.885. The van der Waals surface area contributed by atoms with E-state index in [1.165, 1.54) is 7.11 Å². The molecule has 2 amide bonds. The Bertz CT molecular complexity index is 489. The highest BCUT2D eigenvalue weighted by Crippen LogP contribution is 2.32. The molecule has 0 aliphatic carbocycles. The second kappa shape index (κ2) is 5.94. The average molecular weight is 266 g/mol. The number of hydrogen-bond acceptors (Lipinski definition) is 5. The Balaban J connectivity index is 1.79. The molecule has 0 fully saturated rings. The fraction of sp³-hybridized carbons (Fsp3) is 0.333. The minimum Gasteiger partial charge on any atom is -0.454 e. The Morgan fingerprint density at radius 1 is 1.26 bits per heavy atom. The number of ether oxygens (including phenoxy) is 3. The Morgan fingerprint density at radius 2 is 2.05 bits per heavy atom. The van der Waals surface area contributed by atoms with Crippen molar-refractivity contribution in [2.45, 2.75) is 6.54 Å². The number of amides is 2. The quantitative estimate of drug-likeness (QED) is 0.823. The average Bonchev–Trinajstić information content (AvgIpc) is 2.89. The van der Waals surface area contributed by atoms with Crippen LogP contribution in [-0.4, -0.2) is 32.4 Å². The van der Waals surface area contributed by atoms with Crippen LogP contribution in [0, 0.1) is 0 Å². The molecular formula is C12H14N2O5. The van der Waals surface area contributed by atoms with E-state index in [2.05, 4.69) is 15.4 Å². The van der Waals surface area contributed by atoms with Crippen LogP contribution in [0.5, 0.6) is 11.5 Å². The van der Waals surface area contributed by atoms with Crippen molar-refractivity contribution < 1.29 is 23.8 Å². The molecule has 1 aliphatic rings. The smallest absolute Gasteiger partial charge is 0.407 e. The first-order chi connectivity index (χ1) is 9.19. The van der Waals surface area contributed by atoms with E-state index < -0.39 is 6.09 Å². The molecule has 0 saturated heterocycles. The zero-order chi connectivity index (χ0) is 13.7. The van der Waals surface area contributed by atoms with Gasteiger partial charge in [-0.15, -0.1) is 0 Å². The van der Waals surface area contributed by atoms with Gasteiger partial charge in [-0.05, 0) is 17.7 Å². The minimum absolute atomic E-state index is 0.128. The molecule has 2 N–H and O–H groups in total. The summed E-state index contributed by atoms with van der Waals surface area (Å²) in [4.78, 5) is 22.2. The first kappa shape index (κ1) is 13.0. The lowest BCUT2D eigenvalue weighted by Gasteiger charge is -2.07. The number of hydrogen-bond donors (Lipinski definition) is 2. The molecule has 0 aromatic heterocycles. The molecule has 1 aromatic rings. The van der Waals surface area contributed by atoms with Crippen molar-refractivity contribution >= 4 is 12.0 Å². The van der Waals surface area contributed by atoms with Crippen LogP contribution in [0.2, 0.25) is 0 Å². The second-order valence-electron chi connectivity index (χ2n) is 3.81. The number of carbonyl (C=O) groups excluding carboxylic acids is 2. The van der Waals surface area contributed by atoms with Gasteiger partial charge in [0.2, 0.25) is 12.7 Å². The van der Waals surface area contributed by atoms with E-state index in [1.807, 2.05) is 6.07 Å². The fourth-order valence-corrected chi connectivity index (χ4v) is 1.54. The summed E-state index contributed by atoms with van der Waals surface area (Å²) in [6.07, 6.45) is -0.641. The maximum atomic E-state index is 11.4. The van der Waals surface area contributed by atoms with Crippen molar-refractivity contribution in [1.29, 1.82) is 0 Å². The van der Waals surface area contributed by atoms with E-state index >= 15 is 0 Å². The Kier molecular flexibility index (Phi) is 4.07. The van der Waals surface area contributed by atoms with Gasteiger partial charge >= 0.3 is 6.09 Å². The van der Waals surface area contributed by atoms with Gasteiger partial charge in [-0.3, -0.25) is 4.79 Å². The summed E-state index contributed by atoms with van der Waals surface area (Å²) >= 11 is 0. The number of alkyl carbamates (subject to hydrolysis) is 1. The summed E-state index contributed by atoms with van der Waals surface area (Å²) in [7, 11) is 1.24. The molecule has 1 heterocycles. The number of nitrogens with one attached hydrogen (secondary N) is 2. The highest BCUT2D eigenvalue weighted by Gasteiger charge is 2.13. The van der Waals surface area contributed by atoms with Crippen LogP contribution in [0.3, 0.4) is 0 Å². The van der Waals surface area contributed by atoms with Gasteiger partial charge in [0.15, 0.2) is 11.5 Å². The van der Waals surface area contributed by atoms with Crippen molar-refractivity contribution in [3.05, 3.63) is 23.8 Å². The van der Waals surface area contributed by atoms with E-state index in [0.717, 1.165) is 5.56 Å². The number of methoxy groups -OCH3 is 1. The molecule has 2 rings (SSSR count). The molecule has 0 unspecified atom stereocenters. The summed E-state index contributed by atoms with van der Waals surface area (Å²) in [6, 6.07) is 5.42. The lowest BCUT2D eigenvalue weighted by Crippen LogP contribution is -2.36. The van der Waals surface area contributed by atoms with Crippen LogP contribution >= 0.6 is 0 Å². The molecule has 7 heteroatoms. The van der Waals surface area contributed by atoms with E-state index in [0.29, 0.717) is 18.0 Å². The third kappa shape index (κ3) is 3.51. The predicted molar refractivity (Wildman–Crippen MR) is 64.8 cm³/mol. The molecule has 102 valence electrons. The third-order valence-electron chi connectivity index (χ3n) is 2.51. The van der Waals surface area contributed by atoms with Gasteiger partial charge in [0.05, 0.1) is 7.11 Å². The first-order valence-corrected chi connectivity index (χ1v) is 5.66. The van der Waals surface area contributed by atoms with Crippen LogP contribution in [0.25, 0.3) is 0 Å². The van der Waals surface area contributed by atoms with Crippen LogP contribution in [0.15, 0.2) is 18.2 Å². The van der Waals surface area contributed by atoms with Crippen LogP contribution < -0.4 is 20.1 Å². The Labute approximate surface area is 109 Å². The van der Waals surface area contributed by atoms with Gasteiger partial charge < -0.3 is 24.8 Å². The first-order valence-electron chi connectivity index (χ1n) is 5.66. The SMILES string of the molecule is COC(=O)NCC(=O)NCc1ccc2c(c1)OCO2. The molecule has 0 bridgehead atoms. The van der Waals surface area contributed by atoms with Crippen molar-refractivity contribution in [1.82, 2.24) is 10.6 Å². The number of benzene rings is 1. The van der Waals surface area contributed by atoms with Crippen molar-refractivity contribution in [2.24, 2.45) is 0 Å². The summed E-state index contributed by atoms with van der Waals surface area (Å²) < 4.78 is 14.8. The number of carbonyl (C=O) groups is 2. The molecule has 1 aromatic carbocycles. The van der Waals surface area contributed by atoms with E-state index in [-0.39, 0.29) is 19.2 Å². The molecule has 0 radical (unpaired) electrons. The predicted octanol–water partition coefficient (Wildman–Crippen LogP) is 0.387. The molecule has 1 aliphatic heterocycles. The topological polar surface area (TPSA) is 85.9 Å². The molecule has 0 atom stereocenters. The zero-order valence-electron chi connectivity index (χ0n) is 10.4. The van der Waals surface area contributed by atoms with Crippen molar-refractivity contribution in [2.75, 3.05) is 20.4 Å². The maximum absolute atomic E-state index is 11.4. The minimum atomic E-state index is -0.641. The van der Waals surface area contributed by atoms with Crippen molar-refractivity contribution in [3.8, 4) is 11.5 Å². The zero-order valence-corrected chi connectivity index (χ0v) is 10.4. The molecular weight excluding hydrogens is 252 g/mol. The van der Waals surface area contributed by atoms with Crippen molar-refractivity contribution in [3.63, 3.8) is 0 Å². The summed E-state index contributed by atoms with van der Waals surface area (Å²) in [6.45, 7) is 0.434. The monoisotopic (exact) mass is 266 g/mol. The second-order valence-corrected chi connectivity index (χ2v) is 3.81. The molecule has 0 saturated carbocycles. The number of fused-ring (bicyclic) bond motifs is 1. The molecule has 0 spiro atoms. The van der Waals surface area contributed by atoms with Gasteiger partial charge in [0.1, 0.15) is 6.54 Å². The fourth-order valence-electron chi connectivity index (χ4n) is 1.54. The lowest BCUT2D eigenvalue weighted by atomic mass is 10.2. The maximum Gasteiger partial charge on any atom is 0.407 e. The summed E-state index contributed by atoms with van der Waals surface area (Å²) in [5.74, 6) is 1.06. The molecule has 7 nitrogen and oxygen atoms in total. The van der Waals surface area contributed by atoms with Crippen LogP contribution in [0.4, 0.5) is 4.79 Å². The normalized spacial score (nSPS) is 11.8. The van der Waals surface area contributed by atoms with E-state index in [9.17, 15) is 9.59 Å². The highest BCUT2D eigenvalue weighted by molar-refractivity contribution is 5.82. The Morgan fingerprint density at radius 3 is 2.84 bits per heavy atom. The number of rotatable bonds is 4. The van der Waals surface area contributed by atoms with Gasteiger partial charge in [-0.25, -0.2) is 4.79 Å². The summed E-state index contributed by atoms with van der Waals surface area (Å²) in [5, 5.41) is 4.96.